The van der Waals surface area contributed by atoms with Gasteiger partial charge < -0.3 is 5.32 Å². The van der Waals surface area contributed by atoms with Gasteiger partial charge in [-0.3, -0.25) is 4.90 Å². The maximum atomic E-state index is 4.42. The predicted molar refractivity (Wildman–Crippen MR) is 89.8 cm³/mol. The minimum absolute atomic E-state index is 0.711. The highest BCUT2D eigenvalue weighted by Crippen LogP contribution is 2.14. The molecule has 22 heavy (non-hydrogen) atoms. The summed E-state index contributed by atoms with van der Waals surface area (Å²) in [6, 6.07) is 10.8. The first-order valence-corrected chi connectivity index (χ1v) is 8.05. The lowest BCUT2D eigenvalue weighted by molar-refractivity contribution is 0.331. The van der Waals surface area contributed by atoms with Crippen molar-refractivity contribution in [3.05, 3.63) is 52.8 Å². The normalized spacial score (nSPS) is 15.2. The van der Waals surface area contributed by atoms with Gasteiger partial charge in [-0.2, -0.15) is 0 Å². The molecule has 1 fully saturated rings. The van der Waals surface area contributed by atoms with Crippen LogP contribution in [0.15, 0.2) is 30.3 Å². The molecule has 1 aromatic carbocycles. The van der Waals surface area contributed by atoms with Crippen molar-refractivity contribution in [1.82, 2.24) is 14.9 Å². The summed E-state index contributed by atoms with van der Waals surface area (Å²) in [5.74, 6) is 0.711. The molecule has 0 radical (unpaired) electrons. The van der Waals surface area contributed by atoms with Gasteiger partial charge in [-0.1, -0.05) is 24.3 Å². The van der Waals surface area contributed by atoms with E-state index in [9.17, 15) is 0 Å². The van der Waals surface area contributed by atoms with Gasteiger partial charge in [-0.25, -0.2) is 9.97 Å². The van der Waals surface area contributed by atoms with Crippen LogP contribution in [0.2, 0.25) is 0 Å². The van der Waals surface area contributed by atoms with Crippen LogP contribution in [0.25, 0.3) is 0 Å². The number of rotatable bonds is 5. The molecule has 2 heterocycles. The summed E-state index contributed by atoms with van der Waals surface area (Å²) in [5.41, 5.74) is 4.66. The van der Waals surface area contributed by atoms with E-state index in [0.29, 0.717) is 5.95 Å². The second-order valence-corrected chi connectivity index (χ2v) is 6.13. The van der Waals surface area contributed by atoms with Gasteiger partial charge in [0, 0.05) is 24.5 Å². The largest absolute Gasteiger partial charge is 0.350 e. The Balaban J connectivity index is 1.62. The molecular weight excluding hydrogens is 272 g/mol. The smallest absolute Gasteiger partial charge is 0.223 e. The van der Waals surface area contributed by atoms with Crippen molar-refractivity contribution >= 4 is 5.95 Å². The third-order valence-corrected chi connectivity index (χ3v) is 4.03. The van der Waals surface area contributed by atoms with Crippen LogP contribution in [0.3, 0.4) is 0 Å². The van der Waals surface area contributed by atoms with Crippen LogP contribution in [0.5, 0.6) is 0 Å². The fraction of sp³-hybridized carbons (Fsp3) is 0.444. The number of hydrogen-bond donors (Lipinski definition) is 1. The molecule has 1 aliphatic heterocycles. The summed E-state index contributed by atoms with van der Waals surface area (Å²) < 4.78 is 0. The van der Waals surface area contributed by atoms with Gasteiger partial charge in [0.2, 0.25) is 5.95 Å². The predicted octanol–water partition coefficient (Wildman–Crippen LogP) is 3.30. The molecule has 1 N–H and O–H groups in total. The van der Waals surface area contributed by atoms with Crippen LogP contribution in [0, 0.1) is 13.8 Å². The second kappa shape index (κ2) is 6.88. The molecule has 1 saturated heterocycles. The summed E-state index contributed by atoms with van der Waals surface area (Å²) in [4.78, 5) is 11.4. The Hall–Kier alpha value is -1.94. The Morgan fingerprint density at radius 3 is 2.41 bits per heavy atom. The van der Waals surface area contributed by atoms with E-state index in [4.69, 9.17) is 0 Å². The zero-order valence-electron chi connectivity index (χ0n) is 13.5. The van der Waals surface area contributed by atoms with Gasteiger partial charge in [0.05, 0.1) is 0 Å². The number of anilines is 1. The molecule has 0 unspecified atom stereocenters. The average Bonchev–Trinajstić information content (AvgIpc) is 2.97. The molecule has 116 valence electrons. The molecule has 0 spiro atoms. The summed E-state index contributed by atoms with van der Waals surface area (Å²) in [6.45, 7) is 8.29. The minimum atomic E-state index is 0.711. The van der Waals surface area contributed by atoms with Gasteiger partial charge in [0.1, 0.15) is 0 Å². The minimum Gasteiger partial charge on any atom is -0.350 e. The fourth-order valence-electron chi connectivity index (χ4n) is 3.02. The van der Waals surface area contributed by atoms with E-state index in [2.05, 4.69) is 44.5 Å². The molecule has 1 aliphatic rings. The fourth-order valence-corrected chi connectivity index (χ4v) is 3.02. The lowest BCUT2D eigenvalue weighted by atomic mass is 10.1. The average molecular weight is 296 g/mol. The van der Waals surface area contributed by atoms with Crippen molar-refractivity contribution in [2.45, 2.75) is 39.8 Å². The van der Waals surface area contributed by atoms with Crippen LogP contribution < -0.4 is 5.32 Å². The molecule has 3 rings (SSSR count). The Labute approximate surface area is 132 Å². The molecule has 1 aromatic heterocycles. The standard InChI is InChI=1S/C18H24N4/c1-14-10-15(2)21-18(20-14)19-12-16-6-5-7-17(11-16)13-22-8-3-4-9-22/h5-7,10-11H,3-4,8-9,12-13H2,1-2H3,(H,19,20,21). The molecule has 0 saturated carbocycles. The van der Waals surface area contributed by atoms with Crippen molar-refractivity contribution in [3.63, 3.8) is 0 Å². The topological polar surface area (TPSA) is 41.1 Å². The third kappa shape index (κ3) is 4.04. The molecule has 0 aliphatic carbocycles. The first-order valence-electron chi connectivity index (χ1n) is 8.05. The van der Waals surface area contributed by atoms with Gasteiger partial charge in [0.25, 0.3) is 0 Å². The van der Waals surface area contributed by atoms with Crippen LogP contribution in [-0.4, -0.2) is 28.0 Å². The van der Waals surface area contributed by atoms with Crippen molar-refractivity contribution in [2.24, 2.45) is 0 Å². The van der Waals surface area contributed by atoms with Crippen molar-refractivity contribution in [2.75, 3.05) is 18.4 Å². The number of likely N-dealkylation sites (tertiary alicyclic amines) is 1. The number of nitrogens with zero attached hydrogens (tertiary/aromatic N) is 3. The van der Waals surface area contributed by atoms with Crippen LogP contribution in [-0.2, 0) is 13.1 Å². The first kappa shape index (κ1) is 15.0. The van der Waals surface area contributed by atoms with Gasteiger partial charge in [-0.05, 0) is 57.0 Å². The zero-order valence-corrected chi connectivity index (χ0v) is 13.5. The number of benzene rings is 1. The molecule has 0 atom stereocenters. The second-order valence-electron chi connectivity index (χ2n) is 6.13. The number of hydrogen-bond acceptors (Lipinski definition) is 4. The summed E-state index contributed by atoms with van der Waals surface area (Å²) in [6.07, 6.45) is 2.68. The maximum Gasteiger partial charge on any atom is 0.223 e. The molecular formula is C18H24N4. The molecule has 4 nitrogen and oxygen atoms in total. The Kier molecular flexibility index (Phi) is 4.68. The van der Waals surface area contributed by atoms with Gasteiger partial charge in [-0.15, -0.1) is 0 Å². The highest BCUT2D eigenvalue weighted by Gasteiger charge is 2.11. The van der Waals surface area contributed by atoms with Crippen LogP contribution >= 0.6 is 0 Å². The quantitative estimate of drug-likeness (QED) is 0.919. The summed E-state index contributed by atoms with van der Waals surface area (Å²) in [7, 11) is 0. The number of aromatic nitrogens is 2. The maximum absolute atomic E-state index is 4.42. The van der Waals surface area contributed by atoms with Crippen molar-refractivity contribution < 1.29 is 0 Å². The van der Waals surface area contributed by atoms with E-state index < -0.39 is 0 Å². The molecule has 2 aromatic rings. The number of aryl methyl sites for hydroxylation is 2. The van der Waals surface area contributed by atoms with Gasteiger partial charge in [0.15, 0.2) is 0 Å². The first-order chi connectivity index (χ1) is 10.7. The van der Waals surface area contributed by atoms with E-state index in [1.165, 1.54) is 37.1 Å². The highest BCUT2D eigenvalue weighted by molar-refractivity contribution is 5.31. The molecule has 4 heteroatoms. The van der Waals surface area contributed by atoms with E-state index in [1.807, 2.05) is 19.9 Å². The highest BCUT2D eigenvalue weighted by atomic mass is 15.1. The summed E-state index contributed by atoms with van der Waals surface area (Å²) >= 11 is 0. The van der Waals surface area contributed by atoms with Crippen LogP contribution in [0.4, 0.5) is 5.95 Å². The number of nitrogens with one attached hydrogen (secondary N) is 1. The van der Waals surface area contributed by atoms with Crippen molar-refractivity contribution in [1.29, 1.82) is 0 Å². The lowest BCUT2D eigenvalue weighted by Gasteiger charge is -2.15. The lowest BCUT2D eigenvalue weighted by Crippen LogP contribution is -2.18. The van der Waals surface area contributed by atoms with E-state index >= 15 is 0 Å². The van der Waals surface area contributed by atoms with Crippen molar-refractivity contribution in [3.8, 4) is 0 Å². The monoisotopic (exact) mass is 296 g/mol. The Morgan fingerprint density at radius 2 is 1.68 bits per heavy atom. The Bertz CT molecular complexity index is 612. The van der Waals surface area contributed by atoms with E-state index in [1.54, 1.807) is 0 Å². The molecule has 0 amide bonds. The van der Waals surface area contributed by atoms with Crippen LogP contribution in [0.1, 0.15) is 35.4 Å². The molecule has 0 bridgehead atoms. The van der Waals surface area contributed by atoms with E-state index in [0.717, 1.165) is 24.5 Å². The third-order valence-electron chi connectivity index (χ3n) is 4.03. The van der Waals surface area contributed by atoms with E-state index in [-0.39, 0.29) is 0 Å². The SMILES string of the molecule is Cc1cc(C)nc(NCc2cccc(CN3CCCC3)c2)n1. The zero-order chi connectivity index (χ0) is 15.4. The summed E-state index contributed by atoms with van der Waals surface area (Å²) in [5, 5.41) is 3.33. The Morgan fingerprint density at radius 1 is 1.00 bits per heavy atom. The van der Waals surface area contributed by atoms with Gasteiger partial charge >= 0.3 is 0 Å².